The molecule has 1 unspecified atom stereocenters. The van der Waals surface area contributed by atoms with Crippen molar-refractivity contribution in [1.29, 1.82) is 0 Å². The maximum absolute atomic E-state index is 14.2. The third-order valence-corrected chi connectivity index (χ3v) is 9.31. The molecule has 0 aromatic heterocycles. The van der Waals surface area contributed by atoms with Crippen LogP contribution < -0.4 is 9.62 Å². The first kappa shape index (κ1) is 30.9. The first-order valence-electron chi connectivity index (χ1n) is 13.6. The predicted molar refractivity (Wildman–Crippen MR) is 165 cm³/mol. The van der Waals surface area contributed by atoms with Gasteiger partial charge in [0.2, 0.25) is 21.8 Å². The lowest BCUT2D eigenvalue weighted by atomic mass is 10.0. The van der Waals surface area contributed by atoms with E-state index in [-0.39, 0.29) is 30.6 Å². The molecule has 0 spiro atoms. The summed E-state index contributed by atoms with van der Waals surface area (Å²) in [5, 5.41) is 3.98. The zero-order valence-corrected chi connectivity index (χ0v) is 25.6. The Morgan fingerprint density at radius 2 is 1.61 bits per heavy atom. The largest absolute Gasteiger partial charge is 0.352 e. The molecule has 4 rings (SSSR count). The number of amides is 2. The number of sulfonamides is 1. The number of carbonyl (C=O) groups is 2. The van der Waals surface area contributed by atoms with Gasteiger partial charge in [-0.1, -0.05) is 90.6 Å². The van der Waals surface area contributed by atoms with Crippen LogP contribution in [0.4, 0.5) is 5.69 Å². The van der Waals surface area contributed by atoms with Gasteiger partial charge in [-0.05, 0) is 54.7 Å². The van der Waals surface area contributed by atoms with Crippen molar-refractivity contribution in [2.24, 2.45) is 0 Å². The minimum absolute atomic E-state index is 0.0281. The smallest absolute Gasteiger partial charge is 0.244 e. The van der Waals surface area contributed by atoms with Crippen LogP contribution in [-0.2, 0) is 32.6 Å². The summed E-state index contributed by atoms with van der Waals surface area (Å²) in [6.07, 6.45) is 5.15. The van der Waals surface area contributed by atoms with Gasteiger partial charge in [0.1, 0.15) is 12.6 Å². The van der Waals surface area contributed by atoms with E-state index >= 15 is 0 Å². The van der Waals surface area contributed by atoms with Crippen molar-refractivity contribution in [3.8, 4) is 0 Å². The highest BCUT2D eigenvalue weighted by atomic mass is 35.5. The molecule has 10 heteroatoms. The van der Waals surface area contributed by atoms with Crippen LogP contribution >= 0.6 is 23.2 Å². The van der Waals surface area contributed by atoms with Crippen LogP contribution in [0.25, 0.3) is 0 Å². The Kier molecular flexibility index (Phi) is 10.3. The number of carbonyl (C=O) groups excluding carboxylic acids is 2. The van der Waals surface area contributed by atoms with Gasteiger partial charge < -0.3 is 10.2 Å². The molecule has 218 valence electrons. The summed E-state index contributed by atoms with van der Waals surface area (Å²) in [4.78, 5) is 29.5. The van der Waals surface area contributed by atoms with Gasteiger partial charge >= 0.3 is 0 Å². The second-order valence-electron chi connectivity index (χ2n) is 10.5. The third-order valence-electron chi connectivity index (χ3n) is 7.39. The summed E-state index contributed by atoms with van der Waals surface area (Å²) in [6, 6.07) is 20.6. The van der Waals surface area contributed by atoms with Gasteiger partial charge in [-0.15, -0.1) is 0 Å². The van der Waals surface area contributed by atoms with Gasteiger partial charge in [-0.2, -0.15) is 0 Å². The SMILES string of the molecule is Cc1ccc(N(CC(=O)N(Cc2ccccc2Cl)C(Cc2ccccc2)C(=O)NC2CCCC2)S(C)(=O)=O)cc1Cl. The molecule has 2 amide bonds. The molecular formula is C31H35Cl2N3O4S. The fourth-order valence-corrected chi connectivity index (χ4v) is 6.29. The van der Waals surface area contributed by atoms with Crippen molar-refractivity contribution in [3.63, 3.8) is 0 Å². The van der Waals surface area contributed by atoms with Crippen LogP contribution in [-0.4, -0.2) is 50.0 Å². The molecule has 1 N–H and O–H groups in total. The molecule has 0 heterocycles. The molecule has 0 radical (unpaired) electrons. The average molecular weight is 617 g/mol. The summed E-state index contributed by atoms with van der Waals surface area (Å²) in [7, 11) is -3.88. The number of hydrogen-bond acceptors (Lipinski definition) is 4. The number of hydrogen-bond donors (Lipinski definition) is 1. The Hall–Kier alpha value is -3.07. The molecule has 3 aromatic carbocycles. The summed E-state index contributed by atoms with van der Waals surface area (Å²) >= 11 is 12.8. The number of rotatable bonds is 11. The Morgan fingerprint density at radius 3 is 2.24 bits per heavy atom. The first-order valence-corrected chi connectivity index (χ1v) is 16.2. The predicted octanol–water partition coefficient (Wildman–Crippen LogP) is 5.77. The van der Waals surface area contributed by atoms with Crippen molar-refractivity contribution in [1.82, 2.24) is 10.2 Å². The van der Waals surface area contributed by atoms with Gasteiger partial charge in [0, 0.05) is 29.1 Å². The Labute approximate surface area is 252 Å². The molecule has 1 atom stereocenters. The number of halogens is 2. The summed E-state index contributed by atoms with van der Waals surface area (Å²) < 4.78 is 26.9. The van der Waals surface area contributed by atoms with Crippen LogP contribution in [0.1, 0.15) is 42.4 Å². The molecule has 41 heavy (non-hydrogen) atoms. The van der Waals surface area contributed by atoms with Crippen LogP contribution in [0.15, 0.2) is 72.8 Å². The Morgan fingerprint density at radius 1 is 0.951 bits per heavy atom. The molecule has 7 nitrogen and oxygen atoms in total. The van der Waals surface area contributed by atoms with Crippen molar-refractivity contribution < 1.29 is 18.0 Å². The molecular weight excluding hydrogens is 581 g/mol. The number of nitrogens with one attached hydrogen (secondary N) is 1. The van der Waals surface area contributed by atoms with E-state index < -0.39 is 28.5 Å². The summed E-state index contributed by atoms with van der Waals surface area (Å²) in [5.74, 6) is -0.806. The van der Waals surface area contributed by atoms with E-state index in [1.54, 1.807) is 30.3 Å². The fourth-order valence-electron chi connectivity index (χ4n) is 5.08. The van der Waals surface area contributed by atoms with Gasteiger partial charge in [0.15, 0.2) is 0 Å². The van der Waals surface area contributed by atoms with Gasteiger partial charge in [-0.25, -0.2) is 8.42 Å². The van der Waals surface area contributed by atoms with E-state index in [4.69, 9.17) is 23.2 Å². The van der Waals surface area contributed by atoms with Crippen molar-refractivity contribution in [3.05, 3.63) is 99.5 Å². The highest BCUT2D eigenvalue weighted by Crippen LogP contribution is 2.27. The van der Waals surface area contributed by atoms with Crippen LogP contribution in [0.2, 0.25) is 10.0 Å². The van der Waals surface area contributed by atoms with Crippen molar-refractivity contribution in [2.75, 3.05) is 17.1 Å². The highest BCUT2D eigenvalue weighted by Gasteiger charge is 2.34. The minimum Gasteiger partial charge on any atom is -0.352 e. The molecule has 1 aliphatic rings. The summed E-state index contributed by atoms with van der Waals surface area (Å²) in [5.41, 5.74) is 2.58. The molecule has 1 fully saturated rings. The second kappa shape index (κ2) is 13.7. The van der Waals surface area contributed by atoms with Crippen LogP contribution in [0.5, 0.6) is 0 Å². The average Bonchev–Trinajstić information content (AvgIpc) is 3.44. The number of aryl methyl sites for hydroxylation is 1. The minimum atomic E-state index is -3.88. The van der Waals surface area contributed by atoms with E-state index in [0.717, 1.165) is 47.4 Å². The lowest BCUT2D eigenvalue weighted by Crippen LogP contribution is -2.54. The van der Waals surface area contributed by atoms with Crippen molar-refractivity contribution >= 4 is 50.7 Å². The third kappa shape index (κ3) is 8.24. The topological polar surface area (TPSA) is 86.8 Å². The maximum Gasteiger partial charge on any atom is 0.244 e. The first-order chi connectivity index (χ1) is 19.5. The van der Waals surface area contributed by atoms with Crippen LogP contribution in [0.3, 0.4) is 0 Å². The van der Waals surface area contributed by atoms with E-state index in [0.29, 0.717) is 15.6 Å². The number of anilines is 1. The number of benzene rings is 3. The van der Waals surface area contributed by atoms with Crippen LogP contribution in [0, 0.1) is 6.92 Å². The highest BCUT2D eigenvalue weighted by molar-refractivity contribution is 7.92. The monoisotopic (exact) mass is 615 g/mol. The maximum atomic E-state index is 14.2. The van der Waals surface area contributed by atoms with Crippen molar-refractivity contribution in [2.45, 2.75) is 57.7 Å². The van der Waals surface area contributed by atoms with E-state index in [9.17, 15) is 18.0 Å². The van der Waals surface area contributed by atoms with E-state index in [1.807, 2.05) is 43.3 Å². The molecule has 0 saturated heterocycles. The molecule has 1 aliphatic carbocycles. The number of nitrogens with zero attached hydrogens (tertiary/aromatic N) is 2. The standard InChI is InChI=1S/C31H35Cl2N3O4S/c1-22-16-17-26(19-28(22)33)36(41(2,39)40)21-30(37)35(20-24-12-6-9-15-27(24)32)29(18-23-10-4-3-5-11-23)31(38)34-25-13-7-8-14-25/h3-6,9-12,15-17,19,25,29H,7-8,13-14,18,20-21H2,1-2H3,(H,34,38). The van der Waals surface area contributed by atoms with Gasteiger partial charge in [0.05, 0.1) is 11.9 Å². The van der Waals surface area contributed by atoms with E-state index in [1.165, 1.54) is 11.0 Å². The lowest BCUT2D eigenvalue weighted by molar-refractivity contribution is -0.140. The Bertz CT molecular complexity index is 1480. The quantitative estimate of drug-likeness (QED) is 0.297. The molecule has 3 aromatic rings. The summed E-state index contributed by atoms with van der Waals surface area (Å²) in [6.45, 7) is 1.33. The zero-order valence-electron chi connectivity index (χ0n) is 23.2. The fraction of sp³-hybridized carbons (Fsp3) is 0.355. The second-order valence-corrected chi connectivity index (χ2v) is 13.2. The normalized spacial score (nSPS) is 14.4. The zero-order chi connectivity index (χ0) is 29.6. The van der Waals surface area contributed by atoms with Gasteiger partial charge in [-0.3, -0.25) is 13.9 Å². The Balaban J connectivity index is 1.74. The molecule has 0 aliphatic heterocycles. The molecule has 1 saturated carbocycles. The lowest BCUT2D eigenvalue weighted by Gasteiger charge is -2.34. The van der Waals surface area contributed by atoms with Gasteiger partial charge in [0.25, 0.3) is 0 Å². The van der Waals surface area contributed by atoms with E-state index in [2.05, 4.69) is 5.32 Å². The molecule has 0 bridgehead atoms.